The number of ether oxygens (including phenoxy) is 2. The van der Waals surface area contributed by atoms with Gasteiger partial charge in [-0.2, -0.15) is 0 Å². The van der Waals surface area contributed by atoms with E-state index in [1.165, 1.54) is 22.3 Å². The molecule has 1 aliphatic rings. The molecule has 1 aliphatic heterocycles. The predicted molar refractivity (Wildman–Crippen MR) is 93.7 cm³/mol. The Morgan fingerprint density at radius 1 is 0.826 bits per heavy atom. The highest BCUT2D eigenvalue weighted by Gasteiger charge is 2.24. The molecular weight excluding hydrogens is 284 g/mol. The summed E-state index contributed by atoms with van der Waals surface area (Å²) in [6, 6.07) is 17.4. The molecule has 2 aromatic rings. The normalized spacial score (nSPS) is 21.6. The molecule has 0 N–H and O–H groups in total. The maximum Gasteiger partial charge on any atom is 0.106 e. The average Bonchev–Trinajstić information content (AvgIpc) is 2.62. The van der Waals surface area contributed by atoms with Crippen LogP contribution in [0.5, 0.6) is 0 Å². The molecule has 1 heterocycles. The maximum absolute atomic E-state index is 6.06. The quantitative estimate of drug-likeness (QED) is 0.772. The molecule has 2 aromatic carbocycles. The Labute approximate surface area is 139 Å². The van der Waals surface area contributed by atoms with Crippen LogP contribution in [0.3, 0.4) is 0 Å². The van der Waals surface area contributed by atoms with E-state index in [0.717, 1.165) is 6.42 Å². The molecule has 1 saturated heterocycles. The fraction of sp³-hybridized carbons (Fsp3) is 0.429. The minimum Gasteiger partial charge on any atom is -0.368 e. The fourth-order valence-corrected chi connectivity index (χ4v) is 2.95. The van der Waals surface area contributed by atoms with E-state index < -0.39 is 0 Å². The first kappa shape index (κ1) is 16.2. The second-order valence-electron chi connectivity index (χ2n) is 6.56. The highest BCUT2D eigenvalue weighted by molar-refractivity contribution is 5.27. The number of benzene rings is 2. The molecule has 2 atom stereocenters. The molecule has 0 amide bonds. The van der Waals surface area contributed by atoms with E-state index in [0.29, 0.717) is 19.1 Å². The standard InChI is InChI=1S/C21H26O2/c1-4-16-5-7-18(8-6-16)20-13-23-21(14-22-20)19-11-9-17(10-12-19)15(2)3/h5-12,15,20-21H,4,13-14H2,1-3H3/t20-,21+/m1/s1. The van der Waals surface area contributed by atoms with Crippen LogP contribution in [0.2, 0.25) is 0 Å². The summed E-state index contributed by atoms with van der Waals surface area (Å²) in [5.74, 6) is 0.558. The van der Waals surface area contributed by atoms with E-state index in [9.17, 15) is 0 Å². The lowest BCUT2D eigenvalue weighted by Gasteiger charge is -2.30. The zero-order valence-electron chi connectivity index (χ0n) is 14.3. The molecule has 0 bridgehead atoms. The third-order valence-corrected chi connectivity index (χ3v) is 4.63. The SMILES string of the molecule is CCc1ccc([C@H]2CO[C@H](c3ccc(C(C)C)cc3)CO2)cc1. The second kappa shape index (κ2) is 7.29. The summed E-state index contributed by atoms with van der Waals surface area (Å²) in [6.45, 7) is 7.82. The molecule has 2 heteroatoms. The summed E-state index contributed by atoms with van der Waals surface area (Å²) >= 11 is 0. The Balaban J connectivity index is 1.61. The van der Waals surface area contributed by atoms with Crippen LogP contribution in [0.1, 0.15) is 61.2 Å². The van der Waals surface area contributed by atoms with Gasteiger partial charge >= 0.3 is 0 Å². The van der Waals surface area contributed by atoms with Crippen molar-refractivity contribution in [1.29, 1.82) is 0 Å². The summed E-state index contributed by atoms with van der Waals surface area (Å²) in [5.41, 5.74) is 5.12. The van der Waals surface area contributed by atoms with E-state index in [1.54, 1.807) is 0 Å². The summed E-state index contributed by atoms with van der Waals surface area (Å²) < 4.78 is 12.1. The van der Waals surface area contributed by atoms with Crippen LogP contribution in [0, 0.1) is 0 Å². The number of hydrogen-bond donors (Lipinski definition) is 0. The fourth-order valence-electron chi connectivity index (χ4n) is 2.95. The maximum atomic E-state index is 6.06. The average molecular weight is 310 g/mol. The molecule has 3 rings (SSSR count). The van der Waals surface area contributed by atoms with Crippen molar-refractivity contribution in [2.45, 2.75) is 45.3 Å². The van der Waals surface area contributed by atoms with Gasteiger partial charge in [0.2, 0.25) is 0 Å². The monoisotopic (exact) mass is 310 g/mol. The van der Waals surface area contributed by atoms with Crippen molar-refractivity contribution in [1.82, 2.24) is 0 Å². The Morgan fingerprint density at radius 3 is 1.70 bits per heavy atom. The molecule has 0 radical (unpaired) electrons. The smallest absolute Gasteiger partial charge is 0.106 e. The van der Waals surface area contributed by atoms with Gasteiger partial charge in [-0.15, -0.1) is 0 Å². The van der Waals surface area contributed by atoms with Gasteiger partial charge in [0, 0.05) is 0 Å². The van der Waals surface area contributed by atoms with Gasteiger partial charge in [-0.1, -0.05) is 69.3 Å². The van der Waals surface area contributed by atoms with Crippen molar-refractivity contribution >= 4 is 0 Å². The van der Waals surface area contributed by atoms with E-state index in [1.807, 2.05) is 0 Å². The molecular formula is C21H26O2. The molecule has 0 aliphatic carbocycles. The van der Waals surface area contributed by atoms with Gasteiger partial charge in [0.25, 0.3) is 0 Å². The van der Waals surface area contributed by atoms with Gasteiger partial charge in [0.1, 0.15) is 12.2 Å². The topological polar surface area (TPSA) is 18.5 Å². The van der Waals surface area contributed by atoms with E-state index in [2.05, 4.69) is 69.3 Å². The minimum absolute atomic E-state index is 0.0439. The summed E-state index contributed by atoms with van der Waals surface area (Å²) in [5, 5.41) is 0. The first-order valence-corrected chi connectivity index (χ1v) is 8.59. The predicted octanol–water partition coefficient (Wildman–Crippen LogP) is 5.20. The third kappa shape index (κ3) is 3.82. The van der Waals surface area contributed by atoms with Crippen LogP contribution in [-0.2, 0) is 15.9 Å². The van der Waals surface area contributed by atoms with Crippen LogP contribution >= 0.6 is 0 Å². The van der Waals surface area contributed by atoms with Crippen molar-refractivity contribution in [2.75, 3.05) is 13.2 Å². The first-order chi connectivity index (χ1) is 11.2. The van der Waals surface area contributed by atoms with Gasteiger partial charge in [0.05, 0.1) is 13.2 Å². The molecule has 2 nitrogen and oxygen atoms in total. The summed E-state index contributed by atoms with van der Waals surface area (Å²) in [6.07, 6.45) is 1.16. The van der Waals surface area contributed by atoms with Crippen molar-refractivity contribution in [2.24, 2.45) is 0 Å². The summed E-state index contributed by atoms with van der Waals surface area (Å²) in [4.78, 5) is 0. The zero-order chi connectivity index (χ0) is 16.2. The van der Waals surface area contributed by atoms with Crippen molar-refractivity contribution < 1.29 is 9.47 Å². The van der Waals surface area contributed by atoms with Gasteiger partial charge in [-0.05, 0) is 34.6 Å². The molecule has 0 unspecified atom stereocenters. The third-order valence-electron chi connectivity index (χ3n) is 4.63. The Bertz CT molecular complexity index is 605. The summed E-state index contributed by atoms with van der Waals surface area (Å²) in [7, 11) is 0. The van der Waals surface area contributed by atoms with Crippen LogP contribution in [0.4, 0.5) is 0 Å². The van der Waals surface area contributed by atoms with Crippen molar-refractivity contribution in [3.05, 3.63) is 70.8 Å². The lowest BCUT2D eigenvalue weighted by molar-refractivity contribution is -0.137. The number of rotatable bonds is 4. The second-order valence-corrected chi connectivity index (χ2v) is 6.56. The minimum atomic E-state index is 0.0439. The van der Waals surface area contributed by atoms with Crippen molar-refractivity contribution in [3.63, 3.8) is 0 Å². The van der Waals surface area contributed by atoms with E-state index in [-0.39, 0.29) is 12.2 Å². The van der Waals surface area contributed by atoms with E-state index in [4.69, 9.17) is 9.47 Å². The zero-order valence-corrected chi connectivity index (χ0v) is 14.3. The Kier molecular flexibility index (Phi) is 5.14. The molecule has 23 heavy (non-hydrogen) atoms. The van der Waals surface area contributed by atoms with Crippen LogP contribution in [0.25, 0.3) is 0 Å². The molecule has 0 aromatic heterocycles. The van der Waals surface area contributed by atoms with Crippen LogP contribution < -0.4 is 0 Å². The number of hydrogen-bond acceptors (Lipinski definition) is 2. The largest absolute Gasteiger partial charge is 0.368 e. The lowest BCUT2D eigenvalue weighted by atomic mass is 9.99. The van der Waals surface area contributed by atoms with Crippen LogP contribution in [-0.4, -0.2) is 13.2 Å². The molecule has 0 saturated carbocycles. The van der Waals surface area contributed by atoms with Gasteiger partial charge in [-0.3, -0.25) is 0 Å². The van der Waals surface area contributed by atoms with E-state index >= 15 is 0 Å². The van der Waals surface area contributed by atoms with Gasteiger partial charge in [-0.25, -0.2) is 0 Å². The highest BCUT2D eigenvalue weighted by atomic mass is 16.6. The Morgan fingerprint density at radius 2 is 1.30 bits per heavy atom. The van der Waals surface area contributed by atoms with Crippen LogP contribution in [0.15, 0.2) is 48.5 Å². The highest BCUT2D eigenvalue weighted by Crippen LogP contribution is 2.30. The van der Waals surface area contributed by atoms with Gasteiger partial charge < -0.3 is 9.47 Å². The van der Waals surface area contributed by atoms with Gasteiger partial charge in [0.15, 0.2) is 0 Å². The Hall–Kier alpha value is -1.64. The molecule has 1 fully saturated rings. The molecule has 122 valence electrons. The first-order valence-electron chi connectivity index (χ1n) is 8.59. The number of aryl methyl sites for hydroxylation is 1. The molecule has 0 spiro atoms. The van der Waals surface area contributed by atoms with Crippen molar-refractivity contribution in [3.8, 4) is 0 Å². The lowest BCUT2D eigenvalue weighted by Crippen LogP contribution is -2.25.